The van der Waals surface area contributed by atoms with E-state index in [0.717, 1.165) is 19.3 Å². The van der Waals surface area contributed by atoms with Crippen molar-refractivity contribution in [2.75, 3.05) is 0 Å². The van der Waals surface area contributed by atoms with Crippen molar-refractivity contribution in [1.29, 1.82) is 0 Å². The summed E-state index contributed by atoms with van der Waals surface area (Å²) in [6, 6.07) is 0. The van der Waals surface area contributed by atoms with Gasteiger partial charge in [-0.2, -0.15) is 0 Å². The molecule has 1 aliphatic rings. The van der Waals surface area contributed by atoms with Crippen molar-refractivity contribution in [3.63, 3.8) is 0 Å². The first-order valence-electron chi connectivity index (χ1n) is 5.39. The standard InChI is InChI=1S/C12H18O3/c1-9(11(14)15)6-8-12(2)7-4-3-5-10(12)13/h6H,3-5,7-8H2,1-2H3,(H,14,15)/b9-6+. The van der Waals surface area contributed by atoms with Gasteiger partial charge in [0.2, 0.25) is 0 Å². The van der Waals surface area contributed by atoms with Gasteiger partial charge in [0, 0.05) is 17.4 Å². The molecule has 0 spiro atoms. The number of rotatable bonds is 3. The molecule has 1 saturated carbocycles. The average molecular weight is 210 g/mol. The van der Waals surface area contributed by atoms with Crippen LogP contribution in [-0.2, 0) is 9.59 Å². The smallest absolute Gasteiger partial charge is 0.330 e. The molecular weight excluding hydrogens is 192 g/mol. The van der Waals surface area contributed by atoms with Crippen LogP contribution in [-0.4, -0.2) is 16.9 Å². The Morgan fingerprint density at radius 1 is 1.53 bits per heavy atom. The topological polar surface area (TPSA) is 54.4 Å². The van der Waals surface area contributed by atoms with Gasteiger partial charge in [0.1, 0.15) is 5.78 Å². The van der Waals surface area contributed by atoms with Crippen LogP contribution in [0.2, 0.25) is 0 Å². The van der Waals surface area contributed by atoms with Crippen LogP contribution in [0.3, 0.4) is 0 Å². The summed E-state index contributed by atoms with van der Waals surface area (Å²) in [5, 5.41) is 8.71. The summed E-state index contributed by atoms with van der Waals surface area (Å²) in [7, 11) is 0. The Morgan fingerprint density at radius 2 is 2.20 bits per heavy atom. The van der Waals surface area contributed by atoms with E-state index >= 15 is 0 Å². The zero-order valence-electron chi connectivity index (χ0n) is 9.38. The minimum Gasteiger partial charge on any atom is -0.478 e. The van der Waals surface area contributed by atoms with E-state index in [4.69, 9.17) is 5.11 Å². The van der Waals surface area contributed by atoms with Gasteiger partial charge >= 0.3 is 5.97 Å². The molecule has 1 N–H and O–H groups in total. The number of carbonyl (C=O) groups excluding carboxylic acids is 1. The first-order valence-corrected chi connectivity index (χ1v) is 5.39. The Kier molecular flexibility index (Phi) is 3.66. The lowest BCUT2D eigenvalue weighted by Crippen LogP contribution is -2.30. The molecule has 0 bridgehead atoms. The maximum atomic E-state index is 11.7. The number of allylic oxidation sites excluding steroid dienone is 1. The van der Waals surface area contributed by atoms with Gasteiger partial charge in [-0.1, -0.05) is 19.4 Å². The molecule has 0 aromatic carbocycles. The summed E-state index contributed by atoms with van der Waals surface area (Å²) in [5.41, 5.74) is 0.00389. The summed E-state index contributed by atoms with van der Waals surface area (Å²) >= 11 is 0. The number of carboxylic acids is 1. The summed E-state index contributed by atoms with van der Waals surface area (Å²) in [6.45, 7) is 3.51. The van der Waals surface area contributed by atoms with Gasteiger partial charge in [0.15, 0.2) is 0 Å². The molecule has 15 heavy (non-hydrogen) atoms. The number of Topliss-reactive ketones (excluding diaryl/α,β-unsaturated/α-hetero) is 1. The van der Waals surface area contributed by atoms with Crippen LogP contribution in [0, 0.1) is 5.41 Å². The number of hydrogen-bond donors (Lipinski definition) is 1. The molecule has 1 rings (SSSR count). The largest absolute Gasteiger partial charge is 0.478 e. The van der Waals surface area contributed by atoms with Crippen molar-refractivity contribution in [2.24, 2.45) is 5.41 Å². The lowest BCUT2D eigenvalue weighted by Gasteiger charge is -2.30. The normalized spacial score (nSPS) is 27.9. The number of aliphatic carboxylic acids is 1. The van der Waals surface area contributed by atoms with Crippen molar-refractivity contribution in [1.82, 2.24) is 0 Å². The molecule has 0 heterocycles. The molecular formula is C12H18O3. The molecule has 0 amide bonds. The highest BCUT2D eigenvalue weighted by Crippen LogP contribution is 2.36. The van der Waals surface area contributed by atoms with Gasteiger partial charge in [-0.15, -0.1) is 0 Å². The molecule has 0 saturated heterocycles. The van der Waals surface area contributed by atoms with Crippen molar-refractivity contribution < 1.29 is 14.7 Å². The quantitative estimate of drug-likeness (QED) is 0.728. The van der Waals surface area contributed by atoms with Crippen LogP contribution in [0.4, 0.5) is 0 Å². The maximum Gasteiger partial charge on any atom is 0.330 e. The highest BCUT2D eigenvalue weighted by Gasteiger charge is 2.33. The predicted octanol–water partition coefficient (Wildman–Crippen LogP) is 2.56. The lowest BCUT2D eigenvalue weighted by atomic mass is 9.72. The molecule has 1 unspecified atom stereocenters. The van der Waals surface area contributed by atoms with E-state index in [2.05, 4.69) is 0 Å². The molecule has 0 radical (unpaired) electrons. The fourth-order valence-electron chi connectivity index (χ4n) is 1.92. The average Bonchev–Trinajstić information content (AvgIpc) is 2.19. The first kappa shape index (κ1) is 12.0. The van der Waals surface area contributed by atoms with E-state index in [9.17, 15) is 9.59 Å². The van der Waals surface area contributed by atoms with Crippen molar-refractivity contribution in [2.45, 2.75) is 46.0 Å². The van der Waals surface area contributed by atoms with Gasteiger partial charge in [-0.25, -0.2) is 4.79 Å². The zero-order chi connectivity index (χ0) is 11.5. The van der Waals surface area contributed by atoms with Crippen LogP contribution in [0.5, 0.6) is 0 Å². The van der Waals surface area contributed by atoms with E-state index in [1.165, 1.54) is 0 Å². The minimum atomic E-state index is -0.901. The lowest BCUT2D eigenvalue weighted by molar-refractivity contribution is -0.133. The monoisotopic (exact) mass is 210 g/mol. The van der Waals surface area contributed by atoms with Crippen molar-refractivity contribution in [3.8, 4) is 0 Å². The molecule has 1 aliphatic carbocycles. The molecule has 1 fully saturated rings. The molecule has 0 aromatic heterocycles. The van der Waals surface area contributed by atoms with E-state index in [1.807, 2.05) is 6.92 Å². The third-order valence-electron chi connectivity index (χ3n) is 3.25. The second-order valence-corrected chi connectivity index (χ2v) is 4.59. The molecule has 3 nitrogen and oxygen atoms in total. The second-order valence-electron chi connectivity index (χ2n) is 4.59. The highest BCUT2D eigenvalue weighted by atomic mass is 16.4. The van der Waals surface area contributed by atoms with E-state index in [-0.39, 0.29) is 11.2 Å². The zero-order valence-corrected chi connectivity index (χ0v) is 9.38. The van der Waals surface area contributed by atoms with Crippen LogP contribution in [0.15, 0.2) is 11.6 Å². The van der Waals surface area contributed by atoms with Crippen molar-refractivity contribution >= 4 is 11.8 Å². The third kappa shape index (κ3) is 2.91. The maximum absolute atomic E-state index is 11.7. The van der Waals surface area contributed by atoms with Crippen LogP contribution in [0.1, 0.15) is 46.0 Å². The summed E-state index contributed by atoms with van der Waals surface area (Å²) < 4.78 is 0. The van der Waals surface area contributed by atoms with Crippen molar-refractivity contribution in [3.05, 3.63) is 11.6 Å². The molecule has 3 heteroatoms. The Balaban J connectivity index is 2.67. The van der Waals surface area contributed by atoms with Gasteiger partial charge < -0.3 is 5.11 Å². The van der Waals surface area contributed by atoms with Crippen LogP contribution in [0.25, 0.3) is 0 Å². The van der Waals surface area contributed by atoms with E-state index in [0.29, 0.717) is 18.4 Å². The highest BCUT2D eigenvalue weighted by molar-refractivity contribution is 5.87. The Morgan fingerprint density at radius 3 is 2.73 bits per heavy atom. The second kappa shape index (κ2) is 4.60. The van der Waals surface area contributed by atoms with E-state index in [1.54, 1.807) is 13.0 Å². The predicted molar refractivity (Wildman–Crippen MR) is 57.6 cm³/mol. The molecule has 84 valence electrons. The van der Waals surface area contributed by atoms with Gasteiger partial charge in [-0.05, 0) is 26.2 Å². The summed E-state index contributed by atoms with van der Waals surface area (Å²) in [5.74, 6) is -0.620. The third-order valence-corrected chi connectivity index (χ3v) is 3.25. The van der Waals surface area contributed by atoms with Crippen LogP contribution < -0.4 is 0 Å². The Bertz CT molecular complexity index is 304. The number of carbonyl (C=O) groups is 2. The fraction of sp³-hybridized carbons (Fsp3) is 0.667. The molecule has 1 atom stereocenters. The Hall–Kier alpha value is -1.12. The Labute approximate surface area is 90.2 Å². The molecule has 0 aromatic rings. The first-order chi connectivity index (χ1) is 6.96. The van der Waals surface area contributed by atoms with Crippen LogP contribution >= 0.6 is 0 Å². The van der Waals surface area contributed by atoms with Gasteiger partial charge in [0.25, 0.3) is 0 Å². The minimum absolute atomic E-state index is 0.281. The van der Waals surface area contributed by atoms with Gasteiger partial charge in [-0.3, -0.25) is 4.79 Å². The fourth-order valence-corrected chi connectivity index (χ4v) is 1.92. The number of hydrogen-bond acceptors (Lipinski definition) is 2. The number of ketones is 1. The molecule has 0 aliphatic heterocycles. The summed E-state index contributed by atoms with van der Waals surface area (Å²) in [6.07, 6.45) is 5.82. The SMILES string of the molecule is C/C(=C\CC1(C)CCCCC1=O)C(=O)O. The van der Waals surface area contributed by atoms with Gasteiger partial charge in [0.05, 0.1) is 0 Å². The van der Waals surface area contributed by atoms with E-state index < -0.39 is 5.97 Å². The number of carboxylic acid groups (broad SMARTS) is 1. The summed E-state index contributed by atoms with van der Waals surface area (Å²) in [4.78, 5) is 22.3.